The van der Waals surface area contributed by atoms with Crippen LogP contribution in [-0.4, -0.2) is 6.54 Å². The topological polar surface area (TPSA) is 38.0 Å². The Balaban J connectivity index is 1.92. The van der Waals surface area contributed by atoms with E-state index in [1.807, 2.05) is 12.1 Å². The molecule has 3 N–H and O–H groups in total. The predicted octanol–water partition coefficient (Wildman–Crippen LogP) is 3.82. The van der Waals surface area contributed by atoms with Gasteiger partial charge < -0.3 is 11.1 Å². The predicted molar refractivity (Wildman–Crippen MR) is 75.2 cm³/mol. The zero-order valence-electron chi connectivity index (χ0n) is 11.0. The SMILES string of the molecule is Cc1cc(N)cc(NCC2CCCCC2C)c1. The van der Waals surface area contributed by atoms with Crippen LogP contribution in [0.5, 0.6) is 0 Å². The molecule has 1 fully saturated rings. The molecule has 2 atom stereocenters. The molecule has 1 aromatic carbocycles. The van der Waals surface area contributed by atoms with E-state index in [0.29, 0.717) is 0 Å². The number of anilines is 2. The molecule has 0 radical (unpaired) electrons. The van der Waals surface area contributed by atoms with E-state index >= 15 is 0 Å². The summed E-state index contributed by atoms with van der Waals surface area (Å²) in [7, 11) is 0. The van der Waals surface area contributed by atoms with Gasteiger partial charge in [-0.05, 0) is 48.9 Å². The molecule has 2 unspecified atom stereocenters. The van der Waals surface area contributed by atoms with Crippen molar-refractivity contribution in [3.8, 4) is 0 Å². The number of benzene rings is 1. The van der Waals surface area contributed by atoms with Crippen molar-refractivity contribution in [2.45, 2.75) is 39.5 Å². The van der Waals surface area contributed by atoms with E-state index in [9.17, 15) is 0 Å². The van der Waals surface area contributed by atoms with Crippen molar-refractivity contribution in [3.63, 3.8) is 0 Å². The molecule has 1 aliphatic carbocycles. The summed E-state index contributed by atoms with van der Waals surface area (Å²) in [5.74, 6) is 1.68. The Labute approximate surface area is 105 Å². The first-order valence-corrected chi connectivity index (χ1v) is 6.76. The van der Waals surface area contributed by atoms with E-state index in [1.165, 1.54) is 36.9 Å². The van der Waals surface area contributed by atoms with Gasteiger partial charge in [-0.15, -0.1) is 0 Å². The van der Waals surface area contributed by atoms with Crippen molar-refractivity contribution >= 4 is 11.4 Å². The van der Waals surface area contributed by atoms with Crippen LogP contribution in [0.15, 0.2) is 18.2 Å². The molecule has 0 heterocycles. The number of nitrogen functional groups attached to an aromatic ring is 1. The molecule has 2 heteroatoms. The largest absolute Gasteiger partial charge is 0.399 e. The number of nitrogens with one attached hydrogen (secondary N) is 1. The van der Waals surface area contributed by atoms with Gasteiger partial charge in [-0.25, -0.2) is 0 Å². The lowest BCUT2D eigenvalue weighted by atomic mass is 9.80. The fraction of sp³-hybridized carbons (Fsp3) is 0.600. The maximum atomic E-state index is 5.86. The normalized spacial score (nSPS) is 24.6. The molecule has 0 amide bonds. The van der Waals surface area contributed by atoms with Crippen molar-refractivity contribution < 1.29 is 0 Å². The minimum Gasteiger partial charge on any atom is -0.399 e. The van der Waals surface area contributed by atoms with E-state index in [1.54, 1.807) is 0 Å². The Hall–Kier alpha value is -1.18. The van der Waals surface area contributed by atoms with Gasteiger partial charge in [-0.1, -0.05) is 26.2 Å². The van der Waals surface area contributed by atoms with Crippen LogP contribution in [0.1, 0.15) is 38.2 Å². The van der Waals surface area contributed by atoms with Crippen LogP contribution in [-0.2, 0) is 0 Å². The Morgan fingerprint density at radius 1 is 1.24 bits per heavy atom. The van der Waals surface area contributed by atoms with Crippen molar-refractivity contribution in [2.75, 3.05) is 17.6 Å². The molecule has 17 heavy (non-hydrogen) atoms. The molecular weight excluding hydrogens is 208 g/mol. The van der Waals surface area contributed by atoms with Crippen LogP contribution in [0.3, 0.4) is 0 Å². The molecule has 0 aliphatic heterocycles. The van der Waals surface area contributed by atoms with Crippen LogP contribution in [0.2, 0.25) is 0 Å². The Morgan fingerprint density at radius 3 is 2.71 bits per heavy atom. The molecule has 0 aromatic heterocycles. The van der Waals surface area contributed by atoms with Gasteiger partial charge in [-0.2, -0.15) is 0 Å². The maximum Gasteiger partial charge on any atom is 0.0363 e. The van der Waals surface area contributed by atoms with Crippen molar-refractivity contribution in [1.82, 2.24) is 0 Å². The first-order valence-electron chi connectivity index (χ1n) is 6.76. The number of hydrogen-bond acceptors (Lipinski definition) is 2. The molecule has 2 nitrogen and oxygen atoms in total. The van der Waals surface area contributed by atoms with Gasteiger partial charge in [0.25, 0.3) is 0 Å². The molecule has 2 rings (SSSR count). The van der Waals surface area contributed by atoms with Crippen LogP contribution in [0.4, 0.5) is 11.4 Å². The number of hydrogen-bond donors (Lipinski definition) is 2. The average Bonchev–Trinajstić information content (AvgIpc) is 2.27. The van der Waals surface area contributed by atoms with Gasteiger partial charge in [0.15, 0.2) is 0 Å². The minimum atomic E-state index is 0.825. The second-order valence-corrected chi connectivity index (χ2v) is 5.54. The second kappa shape index (κ2) is 5.44. The highest BCUT2D eigenvalue weighted by Crippen LogP contribution is 2.29. The third kappa shape index (κ3) is 3.39. The molecule has 94 valence electrons. The lowest BCUT2D eigenvalue weighted by molar-refractivity contribution is 0.268. The van der Waals surface area contributed by atoms with Gasteiger partial charge in [0, 0.05) is 17.9 Å². The summed E-state index contributed by atoms with van der Waals surface area (Å²) in [5.41, 5.74) is 9.10. The molecule has 0 spiro atoms. The first-order chi connectivity index (χ1) is 8.15. The fourth-order valence-corrected chi connectivity index (χ4v) is 2.86. The van der Waals surface area contributed by atoms with Crippen LogP contribution in [0, 0.1) is 18.8 Å². The van der Waals surface area contributed by atoms with E-state index in [0.717, 1.165) is 24.1 Å². The zero-order chi connectivity index (χ0) is 12.3. The zero-order valence-corrected chi connectivity index (χ0v) is 11.0. The maximum absolute atomic E-state index is 5.86. The van der Waals surface area contributed by atoms with Crippen molar-refractivity contribution in [1.29, 1.82) is 0 Å². The summed E-state index contributed by atoms with van der Waals surface area (Å²) < 4.78 is 0. The highest BCUT2D eigenvalue weighted by molar-refractivity contribution is 5.56. The number of aryl methyl sites for hydroxylation is 1. The van der Waals surface area contributed by atoms with Gasteiger partial charge in [0.1, 0.15) is 0 Å². The van der Waals surface area contributed by atoms with Crippen molar-refractivity contribution in [2.24, 2.45) is 11.8 Å². The quantitative estimate of drug-likeness (QED) is 0.778. The fourth-order valence-electron chi connectivity index (χ4n) is 2.86. The summed E-state index contributed by atoms with van der Waals surface area (Å²) in [6.07, 6.45) is 5.57. The Kier molecular flexibility index (Phi) is 3.93. The smallest absolute Gasteiger partial charge is 0.0363 e. The Morgan fingerprint density at radius 2 is 2.00 bits per heavy atom. The van der Waals surface area contributed by atoms with E-state index in [4.69, 9.17) is 5.73 Å². The third-order valence-electron chi connectivity index (χ3n) is 3.96. The average molecular weight is 232 g/mol. The number of nitrogens with two attached hydrogens (primary N) is 1. The van der Waals surface area contributed by atoms with E-state index in [2.05, 4.69) is 25.2 Å². The number of rotatable bonds is 3. The highest BCUT2D eigenvalue weighted by atomic mass is 14.9. The summed E-state index contributed by atoms with van der Waals surface area (Å²) in [5, 5.41) is 3.55. The monoisotopic (exact) mass is 232 g/mol. The van der Waals surface area contributed by atoms with Crippen LogP contribution < -0.4 is 11.1 Å². The molecule has 0 bridgehead atoms. The summed E-state index contributed by atoms with van der Waals surface area (Å²) in [4.78, 5) is 0. The van der Waals surface area contributed by atoms with Crippen LogP contribution in [0.25, 0.3) is 0 Å². The molecular formula is C15H24N2. The van der Waals surface area contributed by atoms with Crippen LogP contribution >= 0.6 is 0 Å². The first kappa shape index (κ1) is 12.3. The van der Waals surface area contributed by atoms with Gasteiger partial charge >= 0.3 is 0 Å². The van der Waals surface area contributed by atoms with E-state index in [-0.39, 0.29) is 0 Å². The summed E-state index contributed by atoms with van der Waals surface area (Å²) in [6.45, 7) is 5.56. The van der Waals surface area contributed by atoms with Crippen molar-refractivity contribution in [3.05, 3.63) is 23.8 Å². The highest BCUT2D eigenvalue weighted by Gasteiger charge is 2.20. The van der Waals surface area contributed by atoms with Gasteiger partial charge in [0.2, 0.25) is 0 Å². The van der Waals surface area contributed by atoms with Gasteiger partial charge in [0.05, 0.1) is 0 Å². The lowest BCUT2D eigenvalue weighted by Crippen LogP contribution is -2.24. The third-order valence-corrected chi connectivity index (χ3v) is 3.96. The van der Waals surface area contributed by atoms with Gasteiger partial charge in [-0.3, -0.25) is 0 Å². The summed E-state index contributed by atoms with van der Waals surface area (Å²) in [6, 6.07) is 6.21. The summed E-state index contributed by atoms with van der Waals surface area (Å²) >= 11 is 0. The molecule has 1 aliphatic rings. The molecule has 0 saturated heterocycles. The lowest BCUT2D eigenvalue weighted by Gasteiger charge is -2.29. The Bertz CT molecular complexity index is 353. The standard InChI is InChI=1S/C15H24N2/c1-11-7-14(16)9-15(8-11)17-10-13-6-4-3-5-12(13)2/h7-9,12-13,17H,3-6,10,16H2,1-2H3. The van der Waals surface area contributed by atoms with E-state index < -0.39 is 0 Å². The molecule has 1 aromatic rings. The second-order valence-electron chi connectivity index (χ2n) is 5.54. The minimum absolute atomic E-state index is 0.825. The molecule has 1 saturated carbocycles.